The van der Waals surface area contributed by atoms with Crippen LogP contribution in [0.4, 0.5) is 5.69 Å². The van der Waals surface area contributed by atoms with Crippen molar-refractivity contribution in [2.75, 3.05) is 30.5 Å². The van der Waals surface area contributed by atoms with Crippen molar-refractivity contribution in [3.8, 4) is 0 Å². The zero-order valence-corrected chi connectivity index (χ0v) is 13.0. The Labute approximate surface area is 120 Å². The summed E-state index contributed by atoms with van der Waals surface area (Å²) in [5.74, 6) is 1.20. The number of hydrogen-bond acceptors (Lipinski definition) is 3. The van der Waals surface area contributed by atoms with Gasteiger partial charge in [-0.15, -0.1) is 0 Å². The van der Waals surface area contributed by atoms with Gasteiger partial charge in [0.15, 0.2) is 0 Å². The molecule has 0 spiro atoms. The summed E-state index contributed by atoms with van der Waals surface area (Å²) in [4.78, 5) is 2.25. The molecule has 0 saturated heterocycles. The highest BCUT2D eigenvalue weighted by atomic mass is 35.5. The Morgan fingerprint density at radius 2 is 2.17 bits per heavy atom. The number of anilines is 1. The standard InChI is InChI=1S/C14H23ClN2S/c1-11(16)9-12-5-6-13(10-14(12)15)17(2)7-4-8-18-3/h5-6,10-11H,4,7-9,16H2,1-3H3. The molecule has 1 aromatic carbocycles. The van der Waals surface area contributed by atoms with E-state index in [1.54, 1.807) is 0 Å². The molecule has 18 heavy (non-hydrogen) atoms. The first kappa shape index (κ1) is 15.7. The molecule has 2 N–H and O–H groups in total. The highest BCUT2D eigenvalue weighted by Gasteiger charge is 2.07. The molecule has 102 valence electrons. The molecule has 1 rings (SSSR count). The minimum absolute atomic E-state index is 0.146. The number of benzene rings is 1. The van der Waals surface area contributed by atoms with Gasteiger partial charge in [-0.1, -0.05) is 17.7 Å². The zero-order chi connectivity index (χ0) is 13.5. The van der Waals surface area contributed by atoms with E-state index in [-0.39, 0.29) is 6.04 Å². The maximum atomic E-state index is 6.29. The van der Waals surface area contributed by atoms with Crippen molar-refractivity contribution in [2.24, 2.45) is 5.73 Å². The average Bonchev–Trinajstić information content (AvgIpc) is 2.31. The minimum atomic E-state index is 0.146. The molecule has 0 aromatic heterocycles. The SMILES string of the molecule is CSCCCN(C)c1ccc(CC(C)N)c(Cl)c1. The molecule has 0 radical (unpaired) electrons. The van der Waals surface area contributed by atoms with Gasteiger partial charge in [-0.25, -0.2) is 0 Å². The number of hydrogen-bond donors (Lipinski definition) is 1. The summed E-state index contributed by atoms with van der Waals surface area (Å²) in [5, 5.41) is 0.821. The molecule has 0 bridgehead atoms. The monoisotopic (exact) mass is 286 g/mol. The highest BCUT2D eigenvalue weighted by Crippen LogP contribution is 2.24. The molecular weight excluding hydrogens is 264 g/mol. The number of nitrogens with two attached hydrogens (primary N) is 1. The van der Waals surface area contributed by atoms with E-state index >= 15 is 0 Å². The molecule has 0 aliphatic rings. The van der Waals surface area contributed by atoms with Crippen LogP contribution >= 0.6 is 23.4 Å². The van der Waals surface area contributed by atoms with Crippen molar-refractivity contribution >= 4 is 29.1 Å². The molecular formula is C14H23ClN2S. The van der Waals surface area contributed by atoms with Gasteiger partial charge >= 0.3 is 0 Å². The zero-order valence-electron chi connectivity index (χ0n) is 11.4. The smallest absolute Gasteiger partial charge is 0.0459 e. The topological polar surface area (TPSA) is 29.3 Å². The maximum Gasteiger partial charge on any atom is 0.0459 e. The molecule has 0 fully saturated rings. The summed E-state index contributed by atoms with van der Waals surface area (Å²) >= 11 is 8.18. The van der Waals surface area contributed by atoms with E-state index in [4.69, 9.17) is 17.3 Å². The van der Waals surface area contributed by atoms with E-state index in [9.17, 15) is 0 Å². The molecule has 1 unspecified atom stereocenters. The van der Waals surface area contributed by atoms with Gasteiger partial charge in [-0.2, -0.15) is 11.8 Å². The molecule has 4 heteroatoms. The molecule has 0 aliphatic carbocycles. The van der Waals surface area contributed by atoms with Crippen LogP contribution in [0.5, 0.6) is 0 Å². The van der Waals surface area contributed by atoms with Gasteiger partial charge in [-0.3, -0.25) is 0 Å². The summed E-state index contributed by atoms with van der Waals surface area (Å²) in [6, 6.07) is 6.40. The number of halogens is 1. The summed E-state index contributed by atoms with van der Waals surface area (Å²) in [7, 11) is 2.11. The number of thioether (sulfide) groups is 1. The second-order valence-corrected chi connectivity index (χ2v) is 6.12. The Morgan fingerprint density at radius 3 is 2.72 bits per heavy atom. The normalized spacial score (nSPS) is 12.5. The van der Waals surface area contributed by atoms with Gasteiger partial charge < -0.3 is 10.6 Å². The third-order valence-electron chi connectivity index (χ3n) is 2.86. The van der Waals surface area contributed by atoms with Crippen molar-refractivity contribution < 1.29 is 0 Å². The van der Waals surface area contributed by atoms with E-state index in [0.29, 0.717) is 0 Å². The van der Waals surface area contributed by atoms with E-state index in [0.717, 1.165) is 23.6 Å². The molecule has 1 aromatic rings. The Balaban J connectivity index is 2.65. The lowest BCUT2D eigenvalue weighted by Gasteiger charge is -2.20. The predicted molar refractivity (Wildman–Crippen MR) is 85.1 cm³/mol. The second kappa shape index (κ2) is 7.93. The van der Waals surface area contributed by atoms with Crippen LogP contribution < -0.4 is 10.6 Å². The van der Waals surface area contributed by atoms with Crippen molar-refractivity contribution in [2.45, 2.75) is 25.8 Å². The van der Waals surface area contributed by atoms with Crippen molar-refractivity contribution in [3.05, 3.63) is 28.8 Å². The minimum Gasteiger partial charge on any atom is -0.375 e. The first-order valence-electron chi connectivity index (χ1n) is 6.28. The Kier molecular flexibility index (Phi) is 6.90. The van der Waals surface area contributed by atoms with E-state index in [1.807, 2.05) is 24.8 Å². The molecule has 0 saturated carbocycles. The van der Waals surface area contributed by atoms with Gasteiger partial charge in [-0.05, 0) is 49.5 Å². The van der Waals surface area contributed by atoms with Crippen LogP contribution in [0, 0.1) is 0 Å². The fourth-order valence-electron chi connectivity index (χ4n) is 1.86. The van der Waals surface area contributed by atoms with Crippen LogP contribution in [-0.4, -0.2) is 31.6 Å². The lowest BCUT2D eigenvalue weighted by molar-refractivity contribution is 0.738. The third kappa shape index (κ3) is 5.09. The lowest BCUT2D eigenvalue weighted by Crippen LogP contribution is -2.20. The van der Waals surface area contributed by atoms with E-state index in [2.05, 4.69) is 30.3 Å². The number of nitrogens with zero attached hydrogens (tertiary/aromatic N) is 1. The van der Waals surface area contributed by atoms with Gasteiger partial charge in [0.25, 0.3) is 0 Å². The maximum absolute atomic E-state index is 6.29. The van der Waals surface area contributed by atoms with Crippen molar-refractivity contribution in [3.63, 3.8) is 0 Å². The fraction of sp³-hybridized carbons (Fsp3) is 0.571. The van der Waals surface area contributed by atoms with Crippen LogP contribution in [0.1, 0.15) is 18.9 Å². The summed E-state index contributed by atoms with van der Waals surface area (Å²) in [6.45, 7) is 3.06. The fourth-order valence-corrected chi connectivity index (χ4v) is 2.53. The van der Waals surface area contributed by atoms with Crippen molar-refractivity contribution in [1.82, 2.24) is 0 Å². The van der Waals surface area contributed by atoms with Crippen molar-refractivity contribution in [1.29, 1.82) is 0 Å². The number of rotatable bonds is 7. The Bertz CT molecular complexity index is 369. The van der Waals surface area contributed by atoms with Gasteiger partial charge in [0.05, 0.1) is 0 Å². The second-order valence-electron chi connectivity index (χ2n) is 4.73. The Hall–Kier alpha value is -0.380. The molecule has 2 nitrogen and oxygen atoms in total. The largest absolute Gasteiger partial charge is 0.375 e. The highest BCUT2D eigenvalue weighted by molar-refractivity contribution is 7.98. The average molecular weight is 287 g/mol. The summed E-state index contributed by atoms with van der Waals surface area (Å²) in [6.07, 6.45) is 4.16. The van der Waals surface area contributed by atoms with Crippen LogP contribution in [0.2, 0.25) is 5.02 Å². The van der Waals surface area contributed by atoms with E-state index in [1.165, 1.54) is 17.9 Å². The third-order valence-corrected chi connectivity index (χ3v) is 3.91. The van der Waals surface area contributed by atoms with Gasteiger partial charge in [0.1, 0.15) is 0 Å². The van der Waals surface area contributed by atoms with Crippen LogP contribution in [0.3, 0.4) is 0 Å². The quantitative estimate of drug-likeness (QED) is 0.779. The first-order chi connectivity index (χ1) is 8.54. The summed E-state index contributed by atoms with van der Waals surface area (Å²) < 4.78 is 0. The van der Waals surface area contributed by atoms with Crippen LogP contribution in [0.25, 0.3) is 0 Å². The van der Waals surface area contributed by atoms with Crippen LogP contribution in [0.15, 0.2) is 18.2 Å². The first-order valence-corrected chi connectivity index (χ1v) is 8.06. The summed E-state index contributed by atoms with van der Waals surface area (Å²) in [5.41, 5.74) is 8.11. The van der Waals surface area contributed by atoms with E-state index < -0.39 is 0 Å². The Morgan fingerprint density at radius 1 is 1.44 bits per heavy atom. The molecule has 0 amide bonds. The van der Waals surface area contributed by atoms with Gasteiger partial charge in [0.2, 0.25) is 0 Å². The predicted octanol–water partition coefficient (Wildman–Crippen LogP) is 3.42. The molecule has 1 atom stereocenters. The van der Waals surface area contributed by atoms with Crippen LogP contribution in [-0.2, 0) is 6.42 Å². The van der Waals surface area contributed by atoms with Gasteiger partial charge in [0, 0.05) is 30.3 Å². The molecule has 0 aliphatic heterocycles. The molecule has 0 heterocycles. The lowest BCUT2D eigenvalue weighted by atomic mass is 10.1.